The van der Waals surface area contributed by atoms with E-state index in [9.17, 15) is 9.59 Å². The topological polar surface area (TPSA) is 79.3 Å². The molecule has 7 heteroatoms. The van der Waals surface area contributed by atoms with Crippen LogP contribution in [0.25, 0.3) is 0 Å². The number of carboxylic acid groups (broad SMARTS) is 1. The molecular weight excluding hydrogens is 252 g/mol. The third-order valence-electron chi connectivity index (χ3n) is 3.51. The summed E-state index contributed by atoms with van der Waals surface area (Å²) in [4.78, 5) is 26.2. The molecule has 1 atom stereocenters. The highest BCUT2D eigenvalue weighted by molar-refractivity contribution is 5.80. The van der Waals surface area contributed by atoms with Gasteiger partial charge in [-0.15, -0.1) is 0 Å². The fraction of sp³-hybridized carbons (Fsp3) is 0.833. The fourth-order valence-corrected chi connectivity index (χ4v) is 2.41. The lowest BCUT2D eigenvalue weighted by molar-refractivity contribution is -0.141. The van der Waals surface area contributed by atoms with Crippen LogP contribution >= 0.6 is 0 Å². The number of likely N-dealkylation sites (tertiary alicyclic amines) is 1. The number of amides is 1. The van der Waals surface area contributed by atoms with Gasteiger partial charge in [-0.05, 0) is 12.8 Å². The van der Waals surface area contributed by atoms with Crippen molar-refractivity contribution < 1.29 is 24.2 Å². The molecule has 0 aliphatic carbocycles. The fourth-order valence-electron chi connectivity index (χ4n) is 2.41. The Morgan fingerprint density at radius 1 is 1.26 bits per heavy atom. The average Bonchev–Trinajstić information content (AvgIpc) is 2.89. The van der Waals surface area contributed by atoms with Gasteiger partial charge in [0.1, 0.15) is 12.6 Å². The van der Waals surface area contributed by atoms with Crippen LogP contribution in [0.15, 0.2) is 0 Å². The minimum Gasteiger partial charge on any atom is -0.480 e. The lowest BCUT2D eigenvalue weighted by atomic mass is 10.2. The van der Waals surface area contributed by atoms with E-state index < -0.39 is 18.1 Å². The summed E-state index contributed by atoms with van der Waals surface area (Å²) in [6.07, 6.45) is 0.710. The summed E-state index contributed by atoms with van der Waals surface area (Å²) < 4.78 is 10.4. The Labute approximate surface area is 112 Å². The van der Waals surface area contributed by atoms with E-state index in [2.05, 4.69) is 4.90 Å². The highest BCUT2D eigenvalue weighted by Gasteiger charge is 2.34. The predicted molar refractivity (Wildman–Crippen MR) is 66.0 cm³/mol. The van der Waals surface area contributed by atoms with Crippen molar-refractivity contribution in [2.24, 2.45) is 0 Å². The van der Waals surface area contributed by atoms with E-state index in [0.29, 0.717) is 39.3 Å². The standard InChI is InChI=1S/C12H20N2O5/c15-11(16)10-2-1-3-14(10)12(17)19-9-6-13-4-7-18-8-5-13/h10H,1-9H2,(H,15,16)/t10-/m0/s1. The van der Waals surface area contributed by atoms with Gasteiger partial charge in [0.15, 0.2) is 0 Å². The van der Waals surface area contributed by atoms with Crippen molar-refractivity contribution in [3.63, 3.8) is 0 Å². The summed E-state index contributed by atoms with van der Waals surface area (Å²) in [7, 11) is 0. The smallest absolute Gasteiger partial charge is 0.410 e. The van der Waals surface area contributed by atoms with Crippen molar-refractivity contribution in [1.82, 2.24) is 9.80 Å². The van der Waals surface area contributed by atoms with E-state index in [1.54, 1.807) is 0 Å². The number of nitrogens with zero attached hydrogens (tertiary/aromatic N) is 2. The zero-order chi connectivity index (χ0) is 13.7. The molecule has 0 saturated carbocycles. The van der Waals surface area contributed by atoms with Crippen LogP contribution in [0, 0.1) is 0 Å². The molecule has 1 N–H and O–H groups in total. The maximum absolute atomic E-state index is 11.8. The first-order valence-electron chi connectivity index (χ1n) is 6.65. The van der Waals surface area contributed by atoms with Gasteiger partial charge >= 0.3 is 12.1 Å². The lowest BCUT2D eigenvalue weighted by Crippen LogP contribution is -2.42. The molecule has 2 aliphatic rings. The summed E-state index contributed by atoms with van der Waals surface area (Å²) in [5.74, 6) is -0.956. The Balaban J connectivity index is 1.70. The van der Waals surface area contributed by atoms with Crippen molar-refractivity contribution in [2.45, 2.75) is 18.9 Å². The SMILES string of the molecule is O=C(O)[C@@H]1CCCN1C(=O)OCCN1CCOCC1. The van der Waals surface area contributed by atoms with Gasteiger partial charge in [0.25, 0.3) is 0 Å². The molecule has 1 amide bonds. The third-order valence-corrected chi connectivity index (χ3v) is 3.51. The van der Waals surface area contributed by atoms with Gasteiger partial charge < -0.3 is 14.6 Å². The summed E-state index contributed by atoms with van der Waals surface area (Å²) in [5, 5.41) is 8.99. The molecule has 0 spiro atoms. The van der Waals surface area contributed by atoms with Gasteiger partial charge in [-0.1, -0.05) is 0 Å². The van der Waals surface area contributed by atoms with E-state index in [4.69, 9.17) is 14.6 Å². The van der Waals surface area contributed by atoms with Crippen molar-refractivity contribution >= 4 is 12.1 Å². The van der Waals surface area contributed by atoms with Crippen LogP contribution in [0.4, 0.5) is 4.79 Å². The van der Waals surface area contributed by atoms with Crippen molar-refractivity contribution in [3.05, 3.63) is 0 Å². The van der Waals surface area contributed by atoms with Gasteiger partial charge in [0.2, 0.25) is 0 Å². The lowest BCUT2D eigenvalue weighted by Gasteiger charge is -2.27. The minimum atomic E-state index is -0.956. The van der Waals surface area contributed by atoms with Crippen molar-refractivity contribution in [1.29, 1.82) is 0 Å². The Morgan fingerprint density at radius 3 is 2.68 bits per heavy atom. The van der Waals surface area contributed by atoms with E-state index in [1.807, 2.05) is 0 Å². The van der Waals surface area contributed by atoms with Crippen LogP contribution in [0.3, 0.4) is 0 Å². The molecule has 0 radical (unpaired) electrons. The number of hydrogen-bond donors (Lipinski definition) is 1. The van der Waals surface area contributed by atoms with E-state index >= 15 is 0 Å². The van der Waals surface area contributed by atoms with E-state index in [0.717, 1.165) is 19.5 Å². The second-order valence-corrected chi connectivity index (χ2v) is 4.76. The molecule has 0 bridgehead atoms. The summed E-state index contributed by atoms with van der Waals surface area (Å²) in [6.45, 7) is 4.54. The predicted octanol–water partition coefficient (Wildman–Crippen LogP) is 0.00420. The summed E-state index contributed by atoms with van der Waals surface area (Å²) in [5.41, 5.74) is 0. The van der Waals surface area contributed by atoms with Crippen molar-refractivity contribution in [2.75, 3.05) is 46.0 Å². The first-order chi connectivity index (χ1) is 9.18. The molecule has 108 valence electrons. The van der Waals surface area contributed by atoms with Crippen LogP contribution in [-0.2, 0) is 14.3 Å². The number of ether oxygens (including phenoxy) is 2. The Hall–Kier alpha value is -1.34. The minimum absolute atomic E-state index is 0.293. The molecule has 0 aromatic heterocycles. The van der Waals surface area contributed by atoms with Crippen LogP contribution in [0.1, 0.15) is 12.8 Å². The number of morpholine rings is 1. The molecule has 7 nitrogen and oxygen atoms in total. The third kappa shape index (κ3) is 3.81. The highest BCUT2D eigenvalue weighted by Crippen LogP contribution is 2.18. The van der Waals surface area contributed by atoms with Crippen LogP contribution in [0.2, 0.25) is 0 Å². The Morgan fingerprint density at radius 2 is 2.00 bits per heavy atom. The maximum Gasteiger partial charge on any atom is 0.410 e. The number of rotatable bonds is 4. The molecule has 0 aromatic rings. The van der Waals surface area contributed by atoms with Gasteiger partial charge in [0, 0.05) is 26.2 Å². The quantitative estimate of drug-likeness (QED) is 0.776. The van der Waals surface area contributed by atoms with Gasteiger partial charge in [-0.25, -0.2) is 9.59 Å². The van der Waals surface area contributed by atoms with E-state index in [1.165, 1.54) is 4.90 Å². The number of aliphatic carboxylic acids is 1. The van der Waals surface area contributed by atoms with Gasteiger partial charge in [0.05, 0.1) is 13.2 Å². The summed E-state index contributed by atoms with van der Waals surface area (Å²) >= 11 is 0. The average molecular weight is 272 g/mol. The zero-order valence-corrected chi connectivity index (χ0v) is 10.9. The van der Waals surface area contributed by atoms with Crippen LogP contribution in [0.5, 0.6) is 0 Å². The van der Waals surface area contributed by atoms with Crippen LogP contribution in [-0.4, -0.2) is 79.0 Å². The molecule has 19 heavy (non-hydrogen) atoms. The summed E-state index contributed by atoms with van der Waals surface area (Å²) in [6, 6.07) is -0.726. The van der Waals surface area contributed by atoms with Crippen molar-refractivity contribution in [3.8, 4) is 0 Å². The van der Waals surface area contributed by atoms with Gasteiger partial charge in [-0.2, -0.15) is 0 Å². The number of carbonyl (C=O) groups excluding carboxylic acids is 1. The molecule has 0 unspecified atom stereocenters. The highest BCUT2D eigenvalue weighted by atomic mass is 16.6. The Kier molecular flexibility index (Phi) is 4.98. The van der Waals surface area contributed by atoms with Gasteiger partial charge in [-0.3, -0.25) is 9.80 Å². The first-order valence-corrected chi connectivity index (χ1v) is 6.65. The number of hydrogen-bond acceptors (Lipinski definition) is 5. The molecular formula is C12H20N2O5. The number of carbonyl (C=O) groups is 2. The molecule has 2 fully saturated rings. The second-order valence-electron chi connectivity index (χ2n) is 4.76. The van der Waals surface area contributed by atoms with Crippen LogP contribution < -0.4 is 0 Å². The molecule has 2 saturated heterocycles. The maximum atomic E-state index is 11.8. The molecule has 0 aromatic carbocycles. The Bertz CT molecular complexity index is 330. The van der Waals surface area contributed by atoms with E-state index in [-0.39, 0.29) is 0 Å². The number of carboxylic acids is 1. The molecule has 2 aliphatic heterocycles. The largest absolute Gasteiger partial charge is 0.480 e. The normalized spacial score (nSPS) is 24.4. The monoisotopic (exact) mass is 272 g/mol. The molecule has 2 rings (SSSR count). The zero-order valence-electron chi connectivity index (χ0n) is 10.9. The second kappa shape index (κ2) is 6.72. The first kappa shape index (κ1) is 14.1. The molecule has 2 heterocycles.